The van der Waals surface area contributed by atoms with Crippen molar-refractivity contribution >= 4 is 5.91 Å². The maximum absolute atomic E-state index is 11.4. The molecule has 1 aromatic carbocycles. The van der Waals surface area contributed by atoms with Gasteiger partial charge in [0.25, 0.3) is 0 Å². The molecule has 0 bridgehead atoms. The molecule has 1 aliphatic heterocycles. The van der Waals surface area contributed by atoms with Crippen molar-refractivity contribution in [2.24, 2.45) is 5.92 Å². The van der Waals surface area contributed by atoms with Crippen LogP contribution >= 0.6 is 0 Å². The van der Waals surface area contributed by atoms with Crippen LogP contribution in [0.1, 0.15) is 30.9 Å². The first kappa shape index (κ1) is 15.0. The van der Waals surface area contributed by atoms with E-state index in [2.05, 4.69) is 10.2 Å². The number of aliphatic hydroxyl groups excluding tert-OH is 1. The molecular formula is C16H24N2O2. The molecule has 1 unspecified atom stereocenters. The molecule has 4 heteroatoms. The number of carbonyl (C=O) groups is 1. The number of aliphatic hydroxyl groups is 1. The fourth-order valence-corrected chi connectivity index (χ4v) is 2.76. The Morgan fingerprint density at radius 3 is 2.60 bits per heavy atom. The van der Waals surface area contributed by atoms with Gasteiger partial charge in [-0.15, -0.1) is 0 Å². The zero-order chi connectivity index (χ0) is 14.4. The van der Waals surface area contributed by atoms with Gasteiger partial charge in [-0.3, -0.25) is 4.79 Å². The molecule has 1 saturated heterocycles. The molecule has 0 aromatic heterocycles. The number of carbonyl (C=O) groups excluding carboxylic acids is 1. The Balaban J connectivity index is 1.76. The maximum atomic E-state index is 11.4. The molecular weight excluding hydrogens is 252 g/mol. The number of β-amino-alcohol motifs (C(OH)–C–C–N with tert-alkyl or cyclic N) is 1. The minimum atomic E-state index is -0.424. The summed E-state index contributed by atoms with van der Waals surface area (Å²) in [6.07, 6.45) is 2.28. The van der Waals surface area contributed by atoms with E-state index in [-0.39, 0.29) is 5.91 Å². The van der Waals surface area contributed by atoms with Crippen molar-refractivity contribution in [3.8, 4) is 0 Å². The Morgan fingerprint density at radius 1 is 1.35 bits per heavy atom. The summed E-state index contributed by atoms with van der Waals surface area (Å²) in [6, 6.07) is 9.79. The van der Waals surface area contributed by atoms with Gasteiger partial charge in [-0.1, -0.05) is 30.3 Å². The molecule has 2 N–H and O–H groups in total. The number of amides is 1. The lowest BCUT2D eigenvalue weighted by Crippen LogP contribution is -2.37. The van der Waals surface area contributed by atoms with Crippen molar-refractivity contribution in [2.45, 2.75) is 25.4 Å². The van der Waals surface area contributed by atoms with E-state index in [0.717, 1.165) is 31.5 Å². The molecule has 1 atom stereocenters. The second kappa shape index (κ2) is 7.41. The molecule has 1 aliphatic rings. The number of hydrogen-bond acceptors (Lipinski definition) is 3. The molecule has 1 aromatic rings. The monoisotopic (exact) mass is 276 g/mol. The van der Waals surface area contributed by atoms with Gasteiger partial charge >= 0.3 is 0 Å². The minimum Gasteiger partial charge on any atom is -0.387 e. The van der Waals surface area contributed by atoms with E-state index >= 15 is 0 Å². The highest BCUT2D eigenvalue weighted by Gasteiger charge is 2.22. The first-order valence-corrected chi connectivity index (χ1v) is 7.35. The average Bonchev–Trinajstić information content (AvgIpc) is 2.50. The third-order valence-electron chi connectivity index (χ3n) is 4.08. The van der Waals surface area contributed by atoms with E-state index in [1.54, 1.807) is 7.05 Å². The normalized spacial score (nSPS) is 18.7. The van der Waals surface area contributed by atoms with Gasteiger partial charge in [0, 0.05) is 20.0 Å². The van der Waals surface area contributed by atoms with E-state index in [4.69, 9.17) is 0 Å². The number of nitrogens with zero attached hydrogens (tertiary/aromatic N) is 1. The predicted octanol–water partition coefficient (Wildman–Crippen LogP) is 1.57. The number of likely N-dealkylation sites (tertiary alicyclic amines) is 1. The van der Waals surface area contributed by atoms with E-state index in [1.807, 2.05) is 30.3 Å². The highest BCUT2D eigenvalue weighted by atomic mass is 16.3. The van der Waals surface area contributed by atoms with Crippen LogP contribution in [0.15, 0.2) is 30.3 Å². The fraction of sp³-hybridized carbons (Fsp3) is 0.562. The van der Waals surface area contributed by atoms with E-state index in [0.29, 0.717) is 18.9 Å². The molecule has 4 nitrogen and oxygen atoms in total. The van der Waals surface area contributed by atoms with E-state index in [1.165, 1.54) is 0 Å². The Hall–Kier alpha value is -1.39. The van der Waals surface area contributed by atoms with Gasteiger partial charge in [-0.2, -0.15) is 0 Å². The minimum absolute atomic E-state index is 0.132. The summed E-state index contributed by atoms with van der Waals surface area (Å²) in [5.74, 6) is 0.618. The molecule has 0 spiro atoms. The van der Waals surface area contributed by atoms with Gasteiger partial charge in [0.15, 0.2) is 0 Å². The maximum Gasteiger partial charge on any atom is 0.220 e. The number of nitrogens with one attached hydrogen (secondary N) is 1. The van der Waals surface area contributed by atoms with Crippen molar-refractivity contribution in [1.82, 2.24) is 10.2 Å². The molecule has 0 radical (unpaired) electrons. The van der Waals surface area contributed by atoms with Crippen molar-refractivity contribution < 1.29 is 9.90 Å². The summed E-state index contributed by atoms with van der Waals surface area (Å²) < 4.78 is 0. The van der Waals surface area contributed by atoms with Gasteiger partial charge in [0.1, 0.15) is 0 Å². The predicted molar refractivity (Wildman–Crippen MR) is 79.2 cm³/mol. The van der Waals surface area contributed by atoms with Gasteiger partial charge in [0.2, 0.25) is 5.91 Å². The summed E-state index contributed by atoms with van der Waals surface area (Å²) in [6.45, 7) is 2.60. The van der Waals surface area contributed by atoms with Crippen LogP contribution < -0.4 is 5.32 Å². The van der Waals surface area contributed by atoms with Crippen LogP contribution in [-0.4, -0.2) is 42.6 Å². The lowest BCUT2D eigenvalue weighted by molar-refractivity contribution is -0.121. The summed E-state index contributed by atoms with van der Waals surface area (Å²) in [4.78, 5) is 13.6. The number of rotatable bonds is 5. The standard InChI is InChI=1S/C16H24N2O2/c1-17-16(20)11-13-7-9-18(10-8-13)12-15(19)14-5-3-2-4-6-14/h2-6,13,15,19H,7-12H2,1H3,(H,17,20). The SMILES string of the molecule is CNC(=O)CC1CCN(CC(O)c2ccccc2)CC1. The number of hydrogen-bond donors (Lipinski definition) is 2. The highest BCUT2D eigenvalue weighted by molar-refractivity contribution is 5.75. The molecule has 20 heavy (non-hydrogen) atoms. The summed E-state index contributed by atoms with van der Waals surface area (Å²) in [7, 11) is 1.69. The van der Waals surface area contributed by atoms with Gasteiger partial charge in [-0.25, -0.2) is 0 Å². The van der Waals surface area contributed by atoms with Crippen LogP contribution in [0.4, 0.5) is 0 Å². The van der Waals surface area contributed by atoms with Gasteiger partial charge in [0.05, 0.1) is 6.10 Å². The average molecular weight is 276 g/mol. The topological polar surface area (TPSA) is 52.6 Å². The summed E-state index contributed by atoms with van der Waals surface area (Å²) in [5.41, 5.74) is 0.972. The van der Waals surface area contributed by atoms with Crippen molar-refractivity contribution in [3.63, 3.8) is 0 Å². The van der Waals surface area contributed by atoms with E-state index in [9.17, 15) is 9.90 Å². The fourth-order valence-electron chi connectivity index (χ4n) is 2.76. The second-order valence-electron chi connectivity index (χ2n) is 5.55. The van der Waals surface area contributed by atoms with Crippen LogP contribution in [0.3, 0.4) is 0 Å². The zero-order valence-electron chi connectivity index (χ0n) is 12.1. The molecule has 110 valence electrons. The number of benzene rings is 1. The molecule has 0 aliphatic carbocycles. The van der Waals surface area contributed by atoms with E-state index < -0.39 is 6.10 Å². The van der Waals surface area contributed by atoms with Crippen molar-refractivity contribution in [1.29, 1.82) is 0 Å². The van der Waals surface area contributed by atoms with Crippen LogP contribution in [0.2, 0.25) is 0 Å². The highest BCUT2D eigenvalue weighted by Crippen LogP contribution is 2.22. The molecule has 1 amide bonds. The number of piperidine rings is 1. The van der Waals surface area contributed by atoms with Crippen LogP contribution in [-0.2, 0) is 4.79 Å². The third kappa shape index (κ3) is 4.32. The largest absolute Gasteiger partial charge is 0.387 e. The molecule has 1 fully saturated rings. The lowest BCUT2D eigenvalue weighted by atomic mass is 9.93. The van der Waals surface area contributed by atoms with Crippen LogP contribution in [0.5, 0.6) is 0 Å². The Morgan fingerprint density at radius 2 is 2.00 bits per heavy atom. The van der Waals surface area contributed by atoms with Crippen molar-refractivity contribution in [3.05, 3.63) is 35.9 Å². The first-order chi connectivity index (χ1) is 9.69. The Kier molecular flexibility index (Phi) is 5.56. The Labute approximate surface area is 120 Å². The molecule has 0 saturated carbocycles. The third-order valence-corrected chi connectivity index (χ3v) is 4.08. The zero-order valence-corrected chi connectivity index (χ0v) is 12.1. The first-order valence-electron chi connectivity index (χ1n) is 7.35. The summed E-state index contributed by atoms with van der Waals surface area (Å²) in [5, 5.41) is 12.9. The molecule has 1 heterocycles. The van der Waals surface area contributed by atoms with Crippen LogP contribution in [0, 0.1) is 5.92 Å². The quantitative estimate of drug-likeness (QED) is 0.858. The summed E-state index contributed by atoms with van der Waals surface area (Å²) >= 11 is 0. The Bertz CT molecular complexity index is 414. The lowest BCUT2D eigenvalue weighted by Gasteiger charge is -2.33. The molecule has 2 rings (SSSR count). The second-order valence-corrected chi connectivity index (χ2v) is 5.55. The van der Waals surface area contributed by atoms with Gasteiger partial charge in [-0.05, 0) is 37.4 Å². The smallest absolute Gasteiger partial charge is 0.220 e. The van der Waals surface area contributed by atoms with Gasteiger partial charge < -0.3 is 15.3 Å². The van der Waals surface area contributed by atoms with Crippen molar-refractivity contribution in [2.75, 3.05) is 26.7 Å². The van der Waals surface area contributed by atoms with Crippen LogP contribution in [0.25, 0.3) is 0 Å².